The van der Waals surface area contributed by atoms with Gasteiger partial charge in [0.25, 0.3) is 0 Å². The second-order valence-electron chi connectivity index (χ2n) is 7.45. The van der Waals surface area contributed by atoms with Gasteiger partial charge in [0.2, 0.25) is 5.91 Å². The maximum absolute atomic E-state index is 13.2. The molecule has 0 radical (unpaired) electrons. The summed E-state index contributed by atoms with van der Waals surface area (Å²) in [4.78, 5) is 22.2. The van der Waals surface area contributed by atoms with Crippen LogP contribution < -0.4 is 4.90 Å². The van der Waals surface area contributed by atoms with Crippen molar-refractivity contribution in [1.29, 1.82) is 0 Å². The second kappa shape index (κ2) is 9.48. The first-order valence-electron chi connectivity index (χ1n) is 10.2. The van der Waals surface area contributed by atoms with Gasteiger partial charge in [0.1, 0.15) is 0 Å². The molecule has 1 fully saturated rings. The third kappa shape index (κ3) is 5.21. The molecule has 29 heavy (non-hydrogen) atoms. The highest BCUT2D eigenvalue weighted by molar-refractivity contribution is 7.22. The van der Waals surface area contributed by atoms with Crippen molar-refractivity contribution in [2.45, 2.75) is 19.8 Å². The van der Waals surface area contributed by atoms with Gasteiger partial charge < -0.3 is 4.74 Å². The van der Waals surface area contributed by atoms with Crippen LogP contribution in [0.1, 0.15) is 17.5 Å². The molecule has 0 N–H and O–H groups in total. The van der Waals surface area contributed by atoms with Crippen LogP contribution in [-0.4, -0.2) is 55.2 Å². The molecule has 0 bridgehead atoms. The third-order valence-corrected chi connectivity index (χ3v) is 6.32. The normalized spacial score (nSPS) is 14.9. The van der Waals surface area contributed by atoms with Crippen molar-refractivity contribution in [3.05, 3.63) is 59.7 Å². The lowest BCUT2D eigenvalue weighted by molar-refractivity contribution is -0.118. The maximum Gasteiger partial charge on any atom is 0.229 e. The van der Waals surface area contributed by atoms with E-state index in [-0.39, 0.29) is 5.91 Å². The Morgan fingerprint density at radius 2 is 1.97 bits per heavy atom. The number of carbonyl (C=O) groups excluding carboxylic acids is 1. The van der Waals surface area contributed by atoms with E-state index >= 15 is 0 Å². The fraction of sp³-hybridized carbons (Fsp3) is 0.391. The van der Waals surface area contributed by atoms with E-state index in [2.05, 4.69) is 36.1 Å². The summed E-state index contributed by atoms with van der Waals surface area (Å²) in [6, 6.07) is 16.4. The van der Waals surface area contributed by atoms with Gasteiger partial charge in [-0.15, -0.1) is 0 Å². The minimum atomic E-state index is 0.137. The quantitative estimate of drug-likeness (QED) is 0.594. The molecule has 152 valence electrons. The summed E-state index contributed by atoms with van der Waals surface area (Å²) in [6.07, 6.45) is 1.24. The maximum atomic E-state index is 13.2. The molecular weight excluding hydrogens is 382 g/mol. The number of thiazole rings is 1. The highest BCUT2D eigenvalue weighted by atomic mass is 32.1. The Kier molecular flexibility index (Phi) is 6.54. The van der Waals surface area contributed by atoms with E-state index in [1.54, 1.807) is 11.3 Å². The molecule has 0 atom stereocenters. The Morgan fingerprint density at radius 3 is 2.76 bits per heavy atom. The molecule has 2 aromatic carbocycles. The van der Waals surface area contributed by atoms with Gasteiger partial charge in [0.15, 0.2) is 5.13 Å². The first-order chi connectivity index (χ1) is 14.2. The van der Waals surface area contributed by atoms with E-state index in [4.69, 9.17) is 9.72 Å². The standard InChI is InChI=1S/C23H27N3O2S/c1-18-7-9-20-21(17-18)29-23(24-20)26(12-11-25-13-15-28-16-14-25)22(27)10-8-19-5-3-2-4-6-19/h2-7,9,17H,8,10-16H2,1H3. The largest absolute Gasteiger partial charge is 0.379 e. The molecule has 1 amide bonds. The summed E-state index contributed by atoms with van der Waals surface area (Å²) in [6.45, 7) is 6.96. The highest BCUT2D eigenvalue weighted by Gasteiger charge is 2.21. The Labute approximate surface area is 175 Å². The number of hydrogen-bond donors (Lipinski definition) is 0. The summed E-state index contributed by atoms with van der Waals surface area (Å²) in [5.74, 6) is 0.137. The predicted molar refractivity (Wildman–Crippen MR) is 119 cm³/mol. The number of rotatable bonds is 7. The zero-order valence-corrected chi connectivity index (χ0v) is 17.7. The van der Waals surface area contributed by atoms with Crippen molar-refractivity contribution in [2.75, 3.05) is 44.3 Å². The number of amides is 1. The Bertz CT molecular complexity index is 951. The molecular formula is C23H27N3O2S. The topological polar surface area (TPSA) is 45.7 Å². The molecule has 1 aliphatic heterocycles. The number of benzene rings is 2. The molecule has 0 aliphatic carbocycles. The summed E-state index contributed by atoms with van der Waals surface area (Å²) in [5.41, 5.74) is 3.36. The van der Waals surface area contributed by atoms with Crippen LogP contribution in [0.4, 0.5) is 5.13 Å². The molecule has 5 nitrogen and oxygen atoms in total. The molecule has 1 saturated heterocycles. The fourth-order valence-corrected chi connectivity index (χ4v) is 4.67. The molecule has 0 spiro atoms. The van der Waals surface area contributed by atoms with Gasteiger partial charge in [-0.1, -0.05) is 47.7 Å². The van der Waals surface area contributed by atoms with Crippen molar-refractivity contribution in [2.24, 2.45) is 0 Å². The Hall–Kier alpha value is -2.28. The minimum Gasteiger partial charge on any atom is -0.379 e. The Balaban J connectivity index is 1.51. The van der Waals surface area contributed by atoms with Crippen LogP contribution in [0.2, 0.25) is 0 Å². The van der Waals surface area contributed by atoms with E-state index in [1.807, 2.05) is 29.2 Å². The van der Waals surface area contributed by atoms with Crippen LogP contribution in [0.15, 0.2) is 48.5 Å². The molecule has 1 aliphatic rings. The number of ether oxygens (including phenoxy) is 1. The molecule has 3 aromatic rings. The smallest absolute Gasteiger partial charge is 0.229 e. The van der Waals surface area contributed by atoms with Crippen molar-refractivity contribution in [3.63, 3.8) is 0 Å². The van der Waals surface area contributed by atoms with Gasteiger partial charge in [-0.05, 0) is 36.6 Å². The zero-order chi connectivity index (χ0) is 20.1. The number of anilines is 1. The van der Waals surface area contributed by atoms with Gasteiger partial charge in [-0.2, -0.15) is 0 Å². The number of nitrogens with zero attached hydrogens (tertiary/aromatic N) is 3. The third-order valence-electron chi connectivity index (χ3n) is 5.28. The van der Waals surface area contributed by atoms with Gasteiger partial charge in [0.05, 0.1) is 23.4 Å². The van der Waals surface area contributed by atoms with E-state index in [9.17, 15) is 4.79 Å². The lowest BCUT2D eigenvalue weighted by Crippen LogP contribution is -2.43. The van der Waals surface area contributed by atoms with Gasteiger partial charge in [0, 0.05) is 32.6 Å². The van der Waals surface area contributed by atoms with Crippen LogP contribution in [0.5, 0.6) is 0 Å². The average Bonchev–Trinajstić information content (AvgIpc) is 3.16. The van der Waals surface area contributed by atoms with Crippen LogP contribution in [0.3, 0.4) is 0 Å². The van der Waals surface area contributed by atoms with E-state index < -0.39 is 0 Å². The minimum absolute atomic E-state index is 0.137. The molecule has 0 unspecified atom stereocenters. The van der Waals surface area contributed by atoms with Crippen LogP contribution >= 0.6 is 11.3 Å². The molecule has 1 aromatic heterocycles. The highest BCUT2D eigenvalue weighted by Crippen LogP contribution is 2.30. The number of hydrogen-bond acceptors (Lipinski definition) is 5. The van der Waals surface area contributed by atoms with Crippen LogP contribution in [0, 0.1) is 6.92 Å². The van der Waals surface area contributed by atoms with Crippen molar-refractivity contribution in [1.82, 2.24) is 9.88 Å². The summed E-state index contributed by atoms with van der Waals surface area (Å²) in [5, 5.41) is 0.803. The summed E-state index contributed by atoms with van der Waals surface area (Å²) in [7, 11) is 0. The summed E-state index contributed by atoms with van der Waals surface area (Å²) >= 11 is 1.61. The van der Waals surface area contributed by atoms with Crippen LogP contribution in [0.25, 0.3) is 10.2 Å². The average molecular weight is 410 g/mol. The summed E-state index contributed by atoms with van der Waals surface area (Å²) < 4.78 is 6.58. The lowest BCUT2D eigenvalue weighted by Gasteiger charge is -2.29. The fourth-order valence-electron chi connectivity index (χ4n) is 3.56. The number of aryl methyl sites for hydroxylation is 2. The zero-order valence-electron chi connectivity index (χ0n) is 16.8. The molecule has 6 heteroatoms. The molecule has 0 saturated carbocycles. The molecule has 2 heterocycles. The first-order valence-corrected chi connectivity index (χ1v) is 11.0. The van der Waals surface area contributed by atoms with Crippen LogP contribution in [-0.2, 0) is 16.0 Å². The number of carbonyl (C=O) groups is 1. The monoisotopic (exact) mass is 409 g/mol. The van der Waals surface area contributed by atoms with Gasteiger partial charge in [-0.3, -0.25) is 14.6 Å². The number of aromatic nitrogens is 1. The van der Waals surface area contributed by atoms with Crippen molar-refractivity contribution in [3.8, 4) is 0 Å². The predicted octanol–water partition coefficient (Wildman–Crippen LogP) is 3.90. The molecule has 4 rings (SSSR count). The van der Waals surface area contributed by atoms with E-state index in [0.717, 1.165) is 54.6 Å². The van der Waals surface area contributed by atoms with E-state index in [0.29, 0.717) is 13.0 Å². The van der Waals surface area contributed by atoms with Gasteiger partial charge in [-0.25, -0.2) is 4.98 Å². The number of fused-ring (bicyclic) bond motifs is 1. The number of morpholine rings is 1. The lowest BCUT2D eigenvalue weighted by atomic mass is 10.1. The Morgan fingerprint density at radius 1 is 1.17 bits per heavy atom. The van der Waals surface area contributed by atoms with Gasteiger partial charge >= 0.3 is 0 Å². The first kappa shape index (κ1) is 20.0. The van der Waals surface area contributed by atoms with E-state index in [1.165, 1.54) is 11.1 Å². The van der Waals surface area contributed by atoms with Crippen molar-refractivity contribution >= 4 is 32.6 Å². The van der Waals surface area contributed by atoms with Crippen molar-refractivity contribution < 1.29 is 9.53 Å². The second-order valence-corrected chi connectivity index (χ2v) is 8.46. The SMILES string of the molecule is Cc1ccc2nc(N(CCN3CCOCC3)C(=O)CCc3ccccc3)sc2c1.